The molecule has 0 bridgehead atoms. The number of hydrogen-bond acceptors (Lipinski definition) is 3. The van der Waals surface area contributed by atoms with Gasteiger partial charge in [0, 0.05) is 23.7 Å². The van der Waals surface area contributed by atoms with Crippen molar-refractivity contribution in [2.45, 2.75) is 44.2 Å². The number of amides is 1. The van der Waals surface area contributed by atoms with Gasteiger partial charge in [-0.1, -0.05) is 30.3 Å². The standard InChI is InChI=1S/C26H26N2O2/c29-26(28-22-12-13-22)21-8-6-19(7-9-21)25(18-4-5-18)20-10-14-24(15-11-20)30-17-23-3-1-2-16-27-23/h1-3,6-11,14-16,18,22,25H,4-5,12-13,17H2,(H,28,29). The monoisotopic (exact) mass is 398 g/mol. The van der Waals surface area contributed by atoms with Crippen LogP contribution in [0.1, 0.15) is 58.8 Å². The molecule has 4 nitrogen and oxygen atoms in total. The summed E-state index contributed by atoms with van der Waals surface area (Å²) in [5.74, 6) is 1.94. The molecule has 1 atom stereocenters. The van der Waals surface area contributed by atoms with Gasteiger partial charge in [-0.15, -0.1) is 0 Å². The van der Waals surface area contributed by atoms with E-state index >= 15 is 0 Å². The van der Waals surface area contributed by atoms with Gasteiger partial charge in [-0.2, -0.15) is 0 Å². The molecule has 0 aliphatic heterocycles. The molecule has 4 heteroatoms. The maximum Gasteiger partial charge on any atom is 0.251 e. The van der Waals surface area contributed by atoms with Crippen LogP contribution in [0.3, 0.4) is 0 Å². The summed E-state index contributed by atoms with van der Waals surface area (Å²) in [5.41, 5.74) is 4.25. The zero-order valence-corrected chi connectivity index (χ0v) is 17.0. The SMILES string of the molecule is O=C(NC1CC1)c1ccc(C(c2ccc(OCc3ccccn3)cc2)C2CC2)cc1. The van der Waals surface area contributed by atoms with Gasteiger partial charge in [-0.3, -0.25) is 9.78 Å². The van der Waals surface area contributed by atoms with E-state index in [1.807, 2.05) is 42.5 Å². The third-order valence-electron chi connectivity index (χ3n) is 5.89. The normalized spacial score (nSPS) is 16.7. The fraction of sp³-hybridized carbons (Fsp3) is 0.308. The summed E-state index contributed by atoms with van der Waals surface area (Å²) in [6.45, 7) is 0.469. The average Bonchev–Trinajstić information content (AvgIpc) is 3.71. The largest absolute Gasteiger partial charge is 0.487 e. The molecule has 2 fully saturated rings. The number of rotatable bonds is 8. The van der Waals surface area contributed by atoms with Crippen molar-refractivity contribution in [3.63, 3.8) is 0 Å². The minimum absolute atomic E-state index is 0.0430. The molecule has 0 spiro atoms. The van der Waals surface area contributed by atoms with Crippen LogP contribution >= 0.6 is 0 Å². The molecular formula is C26H26N2O2. The van der Waals surface area contributed by atoms with E-state index in [-0.39, 0.29) is 5.91 Å². The second-order valence-electron chi connectivity index (χ2n) is 8.36. The maximum atomic E-state index is 12.3. The lowest BCUT2D eigenvalue weighted by Crippen LogP contribution is -2.25. The Kier molecular flexibility index (Phi) is 5.22. The van der Waals surface area contributed by atoms with E-state index in [2.05, 4.69) is 34.6 Å². The van der Waals surface area contributed by atoms with Crippen molar-refractivity contribution < 1.29 is 9.53 Å². The van der Waals surface area contributed by atoms with Gasteiger partial charge in [-0.05, 0) is 79.1 Å². The van der Waals surface area contributed by atoms with Crippen LogP contribution in [0.5, 0.6) is 5.75 Å². The molecule has 2 saturated carbocycles. The van der Waals surface area contributed by atoms with Gasteiger partial charge < -0.3 is 10.1 Å². The van der Waals surface area contributed by atoms with Crippen LogP contribution < -0.4 is 10.1 Å². The number of carbonyl (C=O) groups is 1. The van der Waals surface area contributed by atoms with Crippen LogP contribution in [-0.4, -0.2) is 16.9 Å². The number of aromatic nitrogens is 1. The fourth-order valence-electron chi connectivity index (χ4n) is 3.92. The fourth-order valence-corrected chi connectivity index (χ4v) is 3.92. The quantitative estimate of drug-likeness (QED) is 0.575. The lowest BCUT2D eigenvalue weighted by Gasteiger charge is -2.18. The molecule has 2 aliphatic rings. The zero-order valence-electron chi connectivity index (χ0n) is 17.0. The number of ether oxygens (including phenoxy) is 1. The minimum atomic E-state index is 0.0430. The van der Waals surface area contributed by atoms with E-state index in [4.69, 9.17) is 4.74 Å². The average molecular weight is 399 g/mol. The molecule has 2 aromatic carbocycles. The highest BCUT2D eigenvalue weighted by molar-refractivity contribution is 5.94. The van der Waals surface area contributed by atoms with Gasteiger partial charge in [0.05, 0.1) is 5.69 Å². The highest BCUT2D eigenvalue weighted by Crippen LogP contribution is 2.46. The van der Waals surface area contributed by atoms with Crippen LogP contribution in [0.15, 0.2) is 72.9 Å². The smallest absolute Gasteiger partial charge is 0.251 e. The Hall–Kier alpha value is -3.14. The van der Waals surface area contributed by atoms with E-state index in [1.54, 1.807) is 6.20 Å². The van der Waals surface area contributed by atoms with Crippen LogP contribution in [0.4, 0.5) is 0 Å². The van der Waals surface area contributed by atoms with E-state index in [0.29, 0.717) is 24.5 Å². The first-order valence-corrected chi connectivity index (χ1v) is 10.8. The van der Waals surface area contributed by atoms with Gasteiger partial charge >= 0.3 is 0 Å². The molecule has 1 N–H and O–H groups in total. The molecule has 1 unspecified atom stereocenters. The van der Waals surface area contributed by atoms with Gasteiger partial charge in [0.1, 0.15) is 12.4 Å². The van der Waals surface area contributed by atoms with Crippen molar-refractivity contribution in [2.75, 3.05) is 0 Å². The Morgan fingerprint density at radius 2 is 1.63 bits per heavy atom. The molecule has 152 valence electrons. The summed E-state index contributed by atoms with van der Waals surface area (Å²) in [5, 5.41) is 3.06. The molecule has 2 aliphatic carbocycles. The Labute approximate surface area is 177 Å². The van der Waals surface area contributed by atoms with Crippen LogP contribution in [0.25, 0.3) is 0 Å². The number of benzene rings is 2. The van der Waals surface area contributed by atoms with Crippen molar-refractivity contribution in [1.29, 1.82) is 0 Å². The first kappa shape index (κ1) is 18.9. The predicted octanol–water partition coefficient (Wildman–Crippen LogP) is 5.09. The zero-order chi connectivity index (χ0) is 20.3. The lowest BCUT2D eigenvalue weighted by atomic mass is 9.87. The van der Waals surface area contributed by atoms with Crippen molar-refractivity contribution in [3.05, 3.63) is 95.3 Å². The third-order valence-corrected chi connectivity index (χ3v) is 5.89. The molecule has 0 saturated heterocycles. The van der Waals surface area contributed by atoms with E-state index in [1.165, 1.54) is 24.0 Å². The minimum Gasteiger partial charge on any atom is -0.487 e. The Balaban J connectivity index is 1.28. The number of nitrogens with one attached hydrogen (secondary N) is 1. The number of nitrogens with zero attached hydrogens (tertiary/aromatic N) is 1. The topological polar surface area (TPSA) is 51.2 Å². The molecule has 1 aromatic heterocycles. The molecule has 1 amide bonds. The lowest BCUT2D eigenvalue weighted by molar-refractivity contribution is 0.0951. The molecular weight excluding hydrogens is 372 g/mol. The Morgan fingerprint density at radius 1 is 0.933 bits per heavy atom. The molecule has 1 heterocycles. The summed E-state index contributed by atoms with van der Waals surface area (Å²) in [6.07, 6.45) is 6.51. The number of hydrogen-bond donors (Lipinski definition) is 1. The molecule has 30 heavy (non-hydrogen) atoms. The van der Waals surface area contributed by atoms with Crippen LogP contribution in [0.2, 0.25) is 0 Å². The number of carbonyl (C=O) groups excluding carboxylic acids is 1. The van der Waals surface area contributed by atoms with Gasteiger partial charge in [0.25, 0.3) is 5.91 Å². The molecule has 3 aromatic rings. The van der Waals surface area contributed by atoms with Crippen molar-refractivity contribution >= 4 is 5.91 Å². The van der Waals surface area contributed by atoms with Crippen molar-refractivity contribution in [3.8, 4) is 5.75 Å². The Bertz CT molecular complexity index is 991. The predicted molar refractivity (Wildman–Crippen MR) is 117 cm³/mol. The summed E-state index contributed by atoms with van der Waals surface area (Å²) in [6, 6.07) is 22.8. The van der Waals surface area contributed by atoms with Crippen molar-refractivity contribution in [2.24, 2.45) is 5.92 Å². The van der Waals surface area contributed by atoms with Gasteiger partial charge in [0.15, 0.2) is 0 Å². The number of pyridine rings is 1. The van der Waals surface area contributed by atoms with Crippen LogP contribution in [0, 0.1) is 5.92 Å². The summed E-state index contributed by atoms with van der Waals surface area (Å²) in [7, 11) is 0. The summed E-state index contributed by atoms with van der Waals surface area (Å²) < 4.78 is 5.88. The molecule has 5 rings (SSSR count). The summed E-state index contributed by atoms with van der Waals surface area (Å²) >= 11 is 0. The third kappa shape index (κ3) is 4.54. The van der Waals surface area contributed by atoms with E-state index in [9.17, 15) is 4.79 Å². The van der Waals surface area contributed by atoms with Crippen LogP contribution in [-0.2, 0) is 6.61 Å². The summed E-state index contributed by atoms with van der Waals surface area (Å²) in [4.78, 5) is 16.6. The molecule has 0 radical (unpaired) electrons. The van der Waals surface area contributed by atoms with Gasteiger partial charge in [0.2, 0.25) is 0 Å². The second kappa shape index (κ2) is 8.31. The van der Waals surface area contributed by atoms with Gasteiger partial charge in [-0.25, -0.2) is 0 Å². The first-order valence-electron chi connectivity index (χ1n) is 10.8. The van der Waals surface area contributed by atoms with E-state index in [0.717, 1.165) is 29.8 Å². The van der Waals surface area contributed by atoms with E-state index < -0.39 is 0 Å². The highest BCUT2D eigenvalue weighted by atomic mass is 16.5. The van der Waals surface area contributed by atoms with Crippen molar-refractivity contribution in [1.82, 2.24) is 10.3 Å². The maximum absolute atomic E-state index is 12.3. The second-order valence-corrected chi connectivity index (χ2v) is 8.36. The Morgan fingerprint density at radius 3 is 2.23 bits per heavy atom. The first-order chi connectivity index (χ1) is 14.8. The highest BCUT2D eigenvalue weighted by Gasteiger charge is 2.33.